The molecule has 9 heteroatoms. The maximum absolute atomic E-state index is 12.3. The summed E-state index contributed by atoms with van der Waals surface area (Å²) in [4.78, 5) is 12.3. The van der Waals surface area contributed by atoms with Crippen molar-refractivity contribution >= 4 is 15.9 Å². The summed E-state index contributed by atoms with van der Waals surface area (Å²) in [5, 5.41) is 6.78. The van der Waals surface area contributed by atoms with E-state index < -0.39 is 10.0 Å². The first-order valence-electron chi connectivity index (χ1n) is 7.10. The Bertz CT molecular complexity index is 626. The second-order valence-electron chi connectivity index (χ2n) is 5.46. The quantitative estimate of drug-likeness (QED) is 0.759. The van der Waals surface area contributed by atoms with E-state index >= 15 is 0 Å². The van der Waals surface area contributed by atoms with Gasteiger partial charge in [0.15, 0.2) is 0 Å². The van der Waals surface area contributed by atoms with E-state index in [0.717, 1.165) is 10.00 Å². The maximum Gasteiger partial charge on any atom is 0.226 e. The Balaban J connectivity index is 1.94. The number of hydrogen-bond donors (Lipinski definition) is 1. The Labute approximate surface area is 130 Å². The average Bonchev–Trinajstić information content (AvgIpc) is 3.06. The van der Waals surface area contributed by atoms with Crippen molar-refractivity contribution < 1.29 is 17.9 Å². The molecule has 0 saturated carbocycles. The highest BCUT2D eigenvalue weighted by atomic mass is 32.2. The lowest BCUT2D eigenvalue weighted by Gasteiger charge is -2.18. The minimum absolute atomic E-state index is 0.0912. The van der Waals surface area contributed by atoms with Gasteiger partial charge < -0.3 is 10.1 Å². The number of nitrogens with one attached hydrogen (secondary N) is 1. The number of carbonyl (C=O) groups excluding carboxylic acids is 1. The van der Waals surface area contributed by atoms with Crippen molar-refractivity contribution in [2.45, 2.75) is 12.5 Å². The Hall–Kier alpha value is -1.45. The Morgan fingerprint density at radius 1 is 1.55 bits per heavy atom. The molecule has 1 aromatic rings. The van der Waals surface area contributed by atoms with Gasteiger partial charge in [-0.2, -0.15) is 5.10 Å². The maximum atomic E-state index is 12.3. The van der Waals surface area contributed by atoms with Crippen molar-refractivity contribution in [3.05, 3.63) is 18.0 Å². The number of hydrogen-bond acceptors (Lipinski definition) is 5. The molecule has 2 heterocycles. The molecule has 0 unspecified atom stereocenters. The predicted molar refractivity (Wildman–Crippen MR) is 80.5 cm³/mol. The minimum Gasteiger partial charge on any atom is -0.371 e. The van der Waals surface area contributed by atoms with Crippen LogP contribution in [0.5, 0.6) is 0 Å². The van der Waals surface area contributed by atoms with E-state index in [1.54, 1.807) is 17.9 Å². The molecule has 8 nitrogen and oxygen atoms in total. The van der Waals surface area contributed by atoms with Gasteiger partial charge in [-0.25, -0.2) is 12.7 Å². The van der Waals surface area contributed by atoms with Crippen LogP contribution in [0.3, 0.4) is 0 Å². The molecule has 0 aromatic carbocycles. The van der Waals surface area contributed by atoms with E-state index in [-0.39, 0.29) is 30.2 Å². The zero-order valence-electron chi connectivity index (χ0n) is 13.0. The van der Waals surface area contributed by atoms with E-state index in [0.29, 0.717) is 13.0 Å². The van der Waals surface area contributed by atoms with E-state index in [1.165, 1.54) is 14.1 Å². The first-order valence-corrected chi connectivity index (χ1v) is 8.71. The third kappa shape index (κ3) is 3.65. The largest absolute Gasteiger partial charge is 0.371 e. The highest BCUT2D eigenvalue weighted by Crippen LogP contribution is 2.34. The number of carbonyl (C=O) groups is 1. The zero-order chi connectivity index (χ0) is 16.3. The SMILES string of the molecule is CN(C)S(=O)(=O)CCNC(=O)[C@@H]1CCO[C@H]1c1ccnn1C. The molecule has 2 rings (SSSR count). The normalized spacial score (nSPS) is 22.2. The fraction of sp³-hybridized carbons (Fsp3) is 0.692. The van der Waals surface area contributed by atoms with Crippen LogP contribution in [0.25, 0.3) is 0 Å². The molecule has 1 aromatic heterocycles. The highest BCUT2D eigenvalue weighted by Gasteiger charge is 2.36. The lowest BCUT2D eigenvalue weighted by molar-refractivity contribution is -0.126. The van der Waals surface area contributed by atoms with Crippen molar-refractivity contribution in [1.29, 1.82) is 0 Å². The van der Waals surface area contributed by atoms with Gasteiger partial charge in [0, 0.05) is 40.5 Å². The number of sulfonamides is 1. The number of ether oxygens (including phenoxy) is 1. The van der Waals surface area contributed by atoms with Gasteiger partial charge in [0.2, 0.25) is 15.9 Å². The zero-order valence-corrected chi connectivity index (χ0v) is 13.8. The monoisotopic (exact) mass is 330 g/mol. The van der Waals surface area contributed by atoms with Crippen LogP contribution >= 0.6 is 0 Å². The summed E-state index contributed by atoms with van der Waals surface area (Å²) in [5.74, 6) is -0.620. The summed E-state index contributed by atoms with van der Waals surface area (Å²) in [6, 6.07) is 1.83. The number of amides is 1. The molecule has 124 valence electrons. The van der Waals surface area contributed by atoms with Crippen LogP contribution in [0.2, 0.25) is 0 Å². The van der Waals surface area contributed by atoms with E-state index in [4.69, 9.17) is 4.74 Å². The van der Waals surface area contributed by atoms with Crippen LogP contribution < -0.4 is 5.32 Å². The first-order chi connectivity index (χ1) is 10.3. The van der Waals surface area contributed by atoms with Gasteiger partial charge in [-0.05, 0) is 12.5 Å². The molecule has 1 fully saturated rings. The molecule has 1 aliphatic heterocycles. The summed E-state index contributed by atoms with van der Waals surface area (Å²) in [7, 11) is 1.44. The Morgan fingerprint density at radius 3 is 2.86 bits per heavy atom. The van der Waals surface area contributed by atoms with E-state index in [1.807, 2.05) is 6.07 Å². The van der Waals surface area contributed by atoms with Gasteiger partial charge in [-0.1, -0.05) is 0 Å². The topological polar surface area (TPSA) is 93.5 Å². The molecule has 0 spiro atoms. The fourth-order valence-corrected chi connectivity index (χ4v) is 3.15. The van der Waals surface area contributed by atoms with Gasteiger partial charge in [0.25, 0.3) is 0 Å². The summed E-state index contributed by atoms with van der Waals surface area (Å²) in [5.41, 5.74) is 0.846. The van der Waals surface area contributed by atoms with Crippen LogP contribution in [-0.2, 0) is 26.6 Å². The molecular weight excluding hydrogens is 308 g/mol. The van der Waals surface area contributed by atoms with Crippen molar-refractivity contribution in [2.24, 2.45) is 13.0 Å². The van der Waals surface area contributed by atoms with Crippen molar-refractivity contribution in [2.75, 3.05) is 33.0 Å². The van der Waals surface area contributed by atoms with E-state index in [2.05, 4.69) is 10.4 Å². The van der Waals surface area contributed by atoms with Crippen LogP contribution in [0.4, 0.5) is 0 Å². The second kappa shape index (κ2) is 6.76. The highest BCUT2D eigenvalue weighted by molar-refractivity contribution is 7.89. The van der Waals surface area contributed by atoms with Gasteiger partial charge in [0.1, 0.15) is 6.10 Å². The fourth-order valence-electron chi connectivity index (χ4n) is 2.43. The molecule has 0 radical (unpaired) electrons. The van der Waals surface area contributed by atoms with Gasteiger partial charge in [-0.15, -0.1) is 0 Å². The van der Waals surface area contributed by atoms with Crippen molar-refractivity contribution in [3.63, 3.8) is 0 Å². The third-order valence-corrected chi connectivity index (χ3v) is 5.63. The van der Waals surface area contributed by atoms with Crippen molar-refractivity contribution in [3.8, 4) is 0 Å². The van der Waals surface area contributed by atoms with Crippen LogP contribution in [0, 0.1) is 5.92 Å². The number of aryl methyl sites for hydroxylation is 1. The summed E-state index contributed by atoms with van der Waals surface area (Å²) in [6.07, 6.45) is 1.94. The van der Waals surface area contributed by atoms with Crippen LogP contribution in [-0.4, -0.2) is 61.4 Å². The Morgan fingerprint density at radius 2 is 2.27 bits per heavy atom. The Kier molecular flexibility index (Phi) is 5.20. The lowest BCUT2D eigenvalue weighted by Crippen LogP contribution is -2.37. The summed E-state index contributed by atoms with van der Waals surface area (Å²) >= 11 is 0. The molecule has 2 atom stereocenters. The van der Waals surface area contributed by atoms with Gasteiger partial charge >= 0.3 is 0 Å². The first kappa shape index (κ1) is 16.9. The standard InChI is InChI=1S/C13H22N4O4S/c1-16(2)22(19,20)9-7-14-13(18)10-5-8-21-12(10)11-4-6-15-17(11)3/h4,6,10,12H,5,7-9H2,1-3H3,(H,14,18)/t10-,12-/m1/s1. The van der Waals surface area contributed by atoms with Crippen LogP contribution in [0.1, 0.15) is 18.2 Å². The molecule has 22 heavy (non-hydrogen) atoms. The van der Waals surface area contributed by atoms with Crippen molar-refractivity contribution in [1.82, 2.24) is 19.4 Å². The smallest absolute Gasteiger partial charge is 0.226 e. The second-order valence-corrected chi connectivity index (χ2v) is 7.76. The number of aromatic nitrogens is 2. The molecule has 1 saturated heterocycles. The summed E-state index contributed by atoms with van der Waals surface area (Å²) < 4.78 is 31.8. The van der Waals surface area contributed by atoms with E-state index in [9.17, 15) is 13.2 Å². The third-order valence-electron chi connectivity index (χ3n) is 3.79. The molecule has 1 N–H and O–H groups in total. The predicted octanol–water partition coefficient (Wildman–Crippen LogP) is -0.495. The summed E-state index contributed by atoms with van der Waals surface area (Å²) in [6.45, 7) is 0.595. The number of rotatable bonds is 6. The number of nitrogens with zero attached hydrogens (tertiary/aromatic N) is 3. The molecule has 1 amide bonds. The molecule has 0 aliphatic carbocycles. The van der Waals surface area contributed by atoms with Gasteiger partial charge in [-0.3, -0.25) is 9.48 Å². The van der Waals surface area contributed by atoms with Gasteiger partial charge in [0.05, 0.1) is 17.4 Å². The minimum atomic E-state index is -3.31. The average molecular weight is 330 g/mol. The molecular formula is C13H22N4O4S. The molecule has 1 aliphatic rings. The molecule has 0 bridgehead atoms. The lowest BCUT2D eigenvalue weighted by atomic mass is 9.98. The van der Waals surface area contributed by atoms with Crippen LogP contribution in [0.15, 0.2) is 12.3 Å².